The maximum absolute atomic E-state index is 10.1. The molecule has 0 N–H and O–H groups in total. The van der Waals surface area contributed by atoms with Crippen LogP contribution in [0, 0.1) is 13.8 Å². The highest BCUT2D eigenvalue weighted by molar-refractivity contribution is 5.72. The fourth-order valence-corrected chi connectivity index (χ4v) is 3.35. The second kappa shape index (κ2) is 26.7. The largest absolute Gasteiger partial charge is 0.454 e. The highest BCUT2D eigenvalue weighted by Crippen LogP contribution is 2.32. The fraction of sp³-hybridized carbons (Fsp3) is 0.611. The number of nitrogens with zero attached hydrogens (tertiary/aromatic N) is 4. The van der Waals surface area contributed by atoms with Crippen LogP contribution in [0.1, 0.15) is 66.5 Å². The third-order valence-electron chi connectivity index (χ3n) is 7.00. The topological polar surface area (TPSA) is 84.0 Å². The Balaban J connectivity index is 0. The number of carbonyl (C=O) groups is 2. The zero-order valence-electron chi connectivity index (χ0n) is 31.4. The first kappa shape index (κ1) is 44.6. The summed E-state index contributed by atoms with van der Waals surface area (Å²) in [6.45, 7) is 28.1. The lowest BCUT2D eigenvalue weighted by atomic mass is 10.2. The Morgan fingerprint density at radius 3 is 0.957 bits per heavy atom. The van der Waals surface area contributed by atoms with E-state index in [1.54, 1.807) is 28.2 Å². The molecule has 0 atom stereocenters. The van der Waals surface area contributed by atoms with Crippen LogP contribution >= 0.6 is 0 Å². The zero-order chi connectivity index (χ0) is 35.7. The van der Waals surface area contributed by atoms with Gasteiger partial charge in [0, 0.05) is 42.0 Å². The van der Waals surface area contributed by atoms with E-state index >= 15 is 0 Å². The summed E-state index contributed by atoms with van der Waals surface area (Å²) >= 11 is 0. The van der Waals surface area contributed by atoms with Crippen LogP contribution < -0.4 is 18.9 Å². The van der Waals surface area contributed by atoms with Gasteiger partial charge in [-0.25, -0.2) is 0 Å². The van der Waals surface area contributed by atoms with Crippen molar-refractivity contribution in [1.82, 2.24) is 19.6 Å². The second-order valence-corrected chi connectivity index (χ2v) is 10.8. The van der Waals surface area contributed by atoms with Gasteiger partial charge in [0.25, 0.3) is 0 Å². The number of rotatable bonds is 6. The van der Waals surface area contributed by atoms with Crippen molar-refractivity contribution in [2.24, 2.45) is 0 Å². The fourth-order valence-electron chi connectivity index (χ4n) is 3.35. The standard InChI is InChI=1S/2C8H8O2.2C6H15N.2C4H9NO/c2*1-6-2-3-7-8(4-6)10-5-9-7;2*1-4-7(5-2)6-3;2*1-4(6)5(2)3/h2*2-4H,5H2,1H3;2*4-6H2,1-3H3;2*1-3H3. The molecule has 0 saturated carbocycles. The lowest BCUT2D eigenvalue weighted by molar-refractivity contribution is -0.127. The third kappa shape index (κ3) is 21.3. The maximum atomic E-state index is 10.1. The molecule has 2 heterocycles. The van der Waals surface area contributed by atoms with Crippen molar-refractivity contribution in [3.63, 3.8) is 0 Å². The molecule has 10 nitrogen and oxygen atoms in total. The SMILES string of the molecule is CC(=O)N(C)C.CC(=O)N(C)C.CCN(CC)CC.CCN(CC)CC.Cc1ccc2c(c1)OCO2.Cc1ccc2c(c1)OCO2. The van der Waals surface area contributed by atoms with Crippen LogP contribution in [-0.2, 0) is 9.59 Å². The number of fused-ring (bicyclic) bond motifs is 2. The molecule has 2 aliphatic heterocycles. The number of hydrogen-bond acceptors (Lipinski definition) is 8. The summed E-state index contributed by atoms with van der Waals surface area (Å²) < 4.78 is 20.6. The van der Waals surface area contributed by atoms with Crippen molar-refractivity contribution in [3.8, 4) is 23.0 Å². The van der Waals surface area contributed by atoms with Crippen molar-refractivity contribution in [2.75, 3.05) is 81.0 Å². The van der Waals surface area contributed by atoms with Gasteiger partial charge in [0.2, 0.25) is 25.4 Å². The van der Waals surface area contributed by atoms with Crippen LogP contribution in [0.4, 0.5) is 0 Å². The molecule has 0 aliphatic carbocycles. The molecule has 0 unspecified atom stereocenters. The Morgan fingerprint density at radius 1 is 0.522 bits per heavy atom. The van der Waals surface area contributed by atoms with E-state index in [-0.39, 0.29) is 11.8 Å². The predicted octanol–water partition coefficient (Wildman–Crippen LogP) is 6.33. The first-order valence-electron chi connectivity index (χ1n) is 16.2. The molecule has 2 aromatic carbocycles. The van der Waals surface area contributed by atoms with Crippen LogP contribution in [0.25, 0.3) is 0 Å². The molecule has 2 aromatic rings. The highest BCUT2D eigenvalue weighted by Gasteiger charge is 2.12. The average Bonchev–Trinajstić information content (AvgIpc) is 3.69. The van der Waals surface area contributed by atoms with Gasteiger partial charge in [-0.3, -0.25) is 9.59 Å². The van der Waals surface area contributed by atoms with Gasteiger partial charge in [-0.1, -0.05) is 53.7 Å². The smallest absolute Gasteiger partial charge is 0.231 e. The molecule has 0 saturated heterocycles. The minimum absolute atomic E-state index is 0.0926. The van der Waals surface area contributed by atoms with Gasteiger partial charge in [-0.05, 0) is 88.5 Å². The number of ether oxygens (including phenoxy) is 4. The molecule has 46 heavy (non-hydrogen) atoms. The highest BCUT2D eigenvalue weighted by atomic mass is 16.7. The number of carbonyl (C=O) groups excluding carboxylic acids is 2. The lowest BCUT2D eigenvalue weighted by Crippen LogP contribution is -2.21. The van der Waals surface area contributed by atoms with Gasteiger partial charge in [-0.15, -0.1) is 0 Å². The Kier molecular flexibility index (Phi) is 25.9. The molecule has 0 aromatic heterocycles. The van der Waals surface area contributed by atoms with Crippen LogP contribution in [0.15, 0.2) is 36.4 Å². The van der Waals surface area contributed by atoms with Gasteiger partial charge in [0.15, 0.2) is 23.0 Å². The molecular formula is C36H64N4O6. The van der Waals surface area contributed by atoms with Crippen molar-refractivity contribution < 1.29 is 28.5 Å². The van der Waals surface area contributed by atoms with Gasteiger partial charge in [0.05, 0.1) is 0 Å². The van der Waals surface area contributed by atoms with Gasteiger partial charge in [0.1, 0.15) is 0 Å². The Hall–Kier alpha value is -3.50. The first-order valence-corrected chi connectivity index (χ1v) is 16.2. The normalized spacial score (nSPS) is 11.1. The third-order valence-corrected chi connectivity index (χ3v) is 7.00. The van der Waals surface area contributed by atoms with E-state index < -0.39 is 0 Å². The Morgan fingerprint density at radius 2 is 0.761 bits per heavy atom. The van der Waals surface area contributed by atoms with Crippen molar-refractivity contribution >= 4 is 11.8 Å². The summed E-state index contributed by atoms with van der Waals surface area (Å²) in [5.74, 6) is 3.61. The van der Waals surface area contributed by atoms with Crippen molar-refractivity contribution in [3.05, 3.63) is 47.5 Å². The monoisotopic (exact) mass is 648 g/mol. The summed E-state index contributed by atoms with van der Waals surface area (Å²) in [5, 5.41) is 0. The zero-order valence-corrected chi connectivity index (χ0v) is 31.4. The van der Waals surface area contributed by atoms with E-state index in [9.17, 15) is 9.59 Å². The van der Waals surface area contributed by atoms with E-state index in [1.807, 2.05) is 50.2 Å². The Labute approximate surface area is 280 Å². The van der Waals surface area contributed by atoms with E-state index in [2.05, 4.69) is 51.3 Å². The molecule has 2 aliphatic rings. The molecular weight excluding hydrogens is 584 g/mol. The number of amides is 2. The summed E-state index contributed by atoms with van der Waals surface area (Å²) in [5.41, 5.74) is 2.40. The number of benzene rings is 2. The van der Waals surface area contributed by atoms with Crippen molar-refractivity contribution in [1.29, 1.82) is 0 Å². The van der Waals surface area contributed by atoms with E-state index in [0.29, 0.717) is 13.6 Å². The molecule has 264 valence electrons. The molecule has 10 heteroatoms. The van der Waals surface area contributed by atoms with E-state index in [0.717, 1.165) is 23.0 Å². The van der Waals surface area contributed by atoms with E-state index in [4.69, 9.17) is 18.9 Å². The number of hydrogen-bond donors (Lipinski definition) is 0. The summed E-state index contributed by atoms with van der Waals surface area (Å²) in [4.78, 5) is 27.9. The van der Waals surface area contributed by atoms with Gasteiger partial charge >= 0.3 is 0 Å². The summed E-state index contributed by atoms with van der Waals surface area (Å²) in [7, 11) is 6.90. The summed E-state index contributed by atoms with van der Waals surface area (Å²) in [6.07, 6.45) is 0. The maximum Gasteiger partial charge on any atom is 0.231 e. The molecule has 0 spiro atoms. The quantitative estimate of drug-likeness (QED) is 0.359. The van der Waals surface area contributed by atoms with Crippen LogP contribution in [0.2, 0.25) is 0 Å². The van der Waals surface area contributed by atoms with Gasteiger partial charge in [-0.2, -0.15) is 0 Å². The number of aryl methyl sites for hydroxylation is 2. The van der Waals surface area contributed by atoms with E-state index in [1.165, 1.54) is 74.0 Å². The average molecular weight is 649 g/mol. The lowest BCUT2D eigenvalue weighted by Gasteiger charge is -2.13. The Bertz CT molecular complexity index is 990. The molecule has 4 rings (SSSR count). The predicted molar refractivity (Wildman–Crippen MR) is 190 cm³/mol. The summed E-state index contributed by atoms with van der Waals surface area (Å²) in [6, 6.07) is 11.8. The van der Waals surface area contributed by atoms with Crippen LogP contribution in [-0.4, -0.2) is 112 Å². The first-order chi connectivity index (χ1) is 21.7. The van der Waals surface area contributed by atoms with Crippen LogP contribution in [0.5, 0.6) is 23.0 Å². The van der Waals surface area contributed by atoms with Crippen molar-refractivity contribution in [2.45, 2.75) is 69.2 Å². The second-order valence-electron chi connectivity index (χ2n) is 10.8. The molecule has 0 fully saturated rings. The molecule has 2 amide bonds. The minimum Gasteiger partial charge on any atom is -0.454 e. The molecule has 0 radical (unpaired) electrons. The molecule has 0 bridgehead atoms. The minimum atomic E-state index is 0.0926. The van der Waals surface area contributed by atoms with Crippen LogP contribution in [0.3, 0.4) is 0 Å². The van der Waals surface area contributed by atoms with Gasteiger partial charge < -0.3 is 38.5 Å².